The van der Waals surface area contributed by atoms with E-state index < -0.39 is 0 Å². The Hall–Kier alpha value is -1.54. The molecule has 2 rings (SSSR count). The molecule has 0 aliphatic carbocycles. The van der Waals surface area contributed by atoms with Crippen LogP contribution in [0.5, 0.6) is 0 Å². The van der Waals surface area contributed by atoms with Crippen molar-refractivity contribution in [1.82, 2.24) is 4.57 Å². The van der Waals surface area contributed by atoms with Gasteiger partial charge in [-0.05, 0) is 43.1 Å². The van der Waals surface area contributed by atoms with Gasteiger partial charge in [-0.1, -0.05) is 18.2 Å². The molecule has 78 valence electrons. The summed E-state index contributed by atoms with van der Waals surface area (Å²) in [6.07, 6.45) is 5.27. The lowest BCUT2D eigenvalue weighted by atomic mass is 10.2. The molecule has 0 spiro atoms. The van der Waals surface area contributed by atoms with E-state index in [1.807, 2.05) is 18.2 Å². The number of hydrogen-bond acceptors (Lipinski definition) is 1. The van der Waals surface area contributed by atoms with Crippen molar-refractivity contribution in [3.05, 3.63) is 53.9 Å². The lowest BCUT2D eigenvalue weighted by Gasteiger charge is -2.00. The van der Waals surface area contributed by atoms with Crippen LogP contribution in [0.15, 0.2) is 42.7 Å². The highest BCUT2D eigenvalue weighted by Crippen LogP contribution is 2.15. The standard InChI is InChI=1S/C13H16N2/c1-11-9-15(10-12(11)7-8-14)13-5-3-2-4-6-13/h2-6,9-10H,7-8,14H2,1H3. The number of nitrogens with two attached hydrogens (primary N) is 1. The second kappa shape index (κ2) is 4.32. The molecule has 0 unspecified atom stereocenters. The number of rotatable bonds is 3. The number of aromatic nitrogens is 1. The average Bonchev–Trinajstić information content (AvgIpc) is 2.63. The normalized spacial score (nSPS) is 10.5. The fraction of sp³-hybridized carbons (Fsp3) is 0.231. The van der Waals surface area contributed by atoms with Gasteiger partial charge in [0.2, 0.25) is 0 Å². The minimum atomic E-state index is 0.708. The molecule has 1 aromatic heterocycles. The van der Waals surface area contributed by atoms with Gasteiger partial charge in [0.05, 0.1) is 0 Å². The van der Waals surface area contributed by atoms with Gasteiger partial charge in [0.15, 0.2) is 0 Å². The van der Waals surface area contributed by atoms with E-state index in [-0.39, 0.29) is 0 Å². The van der Waals surface area contributed by atoms with Gasteiger partial charge in [-0.2, -0.15) is 0 Å². The van der Waals surface area contributed by atoms with E-state index in [2.05, 4.69) is 36.0 Å². The molecule has 0 radical (unpaired) electrons. The molecule has 0 saturated heterocycles. The van der Waals surface area contributed by atoms with Gasteiger partial charge in [-0.15, -0.1) is 0 Å². The predicted molar refractivity (Wildman–Crippen MR) is 63.3 cm³/mol. The fourth-order valence-electron chi connectivity index (χ4n) is 1.76. The van der Waals surface area contributed by atoms with Crippen LogP contribution in [-0.4, -0.2) is 11.1 Å². The van der Waals surface area contributed by atoms with E-state index in [4.69, 9.17) is 5.73 Å². The second-order valence-electron chi connectivity index (χ2n) is 3.75. The van der Waals surface area contributed by atoms with Crippen molar-refractivity contribution < 1.29 is 0 Å². The fourth-order valence-corrected chi connectivity index (χ4v) is 1.76. The van der Waals surface area contributed by atoms with Crippen LogP contribution in [-0.2, 0) is 6.42 Å². The summed E-state index contributed by atoms with van der Waals surface area (Å²) in [7, 11) is 0. The van der Waals surface area contributed by atoms with Gasteiger partial charge < -0.3 is 10.3 Å². The predicted octanol–water partition coefficient (Wildman–Crippen LogP) is 2.29. The van der Waals surface area contributed by atoms with Crippen LogP contribution >= 0.6 is 0 Å². The Kier molecular flexibility index (Phi) is 2.88. The Morgan fingerprint density at radius 3 is 2.53 bits per heavy atom. The van der Waals surface area contributed by atoms with E-state index >= 15 is 0 Å². The zero-order chi connectivity index (χ0) is 10.7. The van der Waals surface area contributed by atoms with Crippen LogP contribution in [0.4, 0.5) is 0 Å². The smallest absolute Gasteiger partial charge is 0.0449 e. The van der Waals surface area contributed by atoms with Crippen LogP contribution in [0.3, 0.4) is 0 Å². The molecule has 1 heterocycles. The Labute approximate surface area is 90.3 Å². The summed E-state index contributed by atoms with van der Waals surface area (Å²) in [4.78, 5) is 0. The van der Waals surface area contributed by atoms with E-state index in [1.54, 1.807) is 0 Å². The Balaban J connectivity index is 2.34. The number of aryl methyl sites for hydroxylation is 1. The summed E-state index contributed by atoms with van der Waals surface area (Å²) >= 11 is 0. The van der Waals surface area contributed by atoms with Crippen LogP contribution in [0.2, 0.25) is 0 Å². The molecule has 0 amide bonds. The van der Waals surface area contributed by atoms with Gasteiger partial charge in [-0.25, -0.2) is 0 Å². The molecule has 0 aliphatic heterocycles. The van der Waals surface area contributed by atoms with Crippen LogP contribution < -0.4 is 5.73 Å². The molecule has 15 heavy (non-hydrogen) atoms. The minimum absolute atomic E-state index is 0.708. The maximum Gasteiger partial charge on any atom is 0.0449 e. The number of nitrogens with zero attached hydrogens (tertiary/aromatic N) is 1. The Morgan fingerprint density at radius 1 is 1.13 bits per heavy atom. The largest absolute Gasteiger partial charge is 0.330 e. The highest BCUT2D eigenvalue weighted by atomic mass is 14.9. The topological polar surface area (TPSA) is 30.9 Å². The van der Waals surface area contributed by atoms with Crippen molar-refractivity contribution in [2.24, 2.45) is 5.73 Å². The molecule has 0 bridgehead atoms. The summed E-state index contributed by atoms with van der Waals surface area (Å²) in [5.41, 5.74) is 9.41. The quantitative estimate of drug-likeness (QED) is 0.809. The molecule has 2 N–H and O–H groups in total. The van der Waals surface area contributed by atoms with Gasteiger partial charge in [0, 0.05) is 18.1 Å². The summed E-state index contributed by atoms with van der Waals surface area (Å²) < 4.78 is 2.15. The average molecular weight is 200 g/mol. The Morgan fingerprint density at radius 2 is 1.87 bits per heavy atom. The molecular formula is C13H16N2. The Bertz CT molecular complexity index is 429. The zero-order valence-electron chi connectivity index (χ0n) is 8.98. The first-order valence-electron chi connectivity index (χ1n) is 5.24. The molecule has 0 atom stereocenters. The highest BCUT2D eigenvalue weighted by molar-refractivity contribution is 5.36. The zero-order valence-corrected chi connectivity index (χ0v) is 8.98. The SMILES string of the molecule is Cc1cn(-c2ccccc2)cc1CCN. The molecule has 1 aromatic carbocycles. The molecular weight excluding hydrogens is 184 g/mol. The lowest BCUT2D eigenvalue weighted by molar-refractivity contribution is 0.956. The van der Waals surface area contributed by atoms with Crippen molar-refractivity contribution in [2.75, 3.05) is 6.54 Å². The molecule has 0 fully saturated rings. The molecule has 2 heteroatoms. The molecule has 0 saturated carbocycles. The molecule has 2 nitrogen and oxygen atoms in total. The third kappa shape index (κ3) is 2.10. The highest BCUT2D eigenvalue weighted by Gasteiger charge is 2.02. The van der Waals surface area contributed by atoms with Crippen molar-refractivity contribution in [1.29, 1.82) is 0 Å². The maximum atomic E-state index is 5.57. The van der Waals surface area contributed by atoms with E-state index in [9.17, 15) is 0 Å². The number of benzene rings is 1. The molecule has 2 aromatic rings. The van der Waals surface area contributed by atoms with Gasteiger partial charge >= 0.3 is 0 Å². The van der Waals surface area contributed by atoms with Crippen LogP contribution in [0.25, 0.3) is 5.69 Å². The summed E-state index contributed by atoms with van der Waals surface area (Å²) in [6, 6.07) is 10.3. The second-order valence-corrected chi connectivity index (χ2v) is 3.75. The van der Waals surface area contributed by atoms with Gasteiger partial charge in [0.1, 0.15) is 0 Å². The maximum absolute atomic E-state index is 5.57. The lowest BCUT2D eigenvalue weighted by Crippen LogP contribution is -2.02. The van der Waals surface area contributed by atoms with Crippen molar-refractivity contribution in [2.45, 2.75) is 13.3 Å². The first-order valence-corrected chi connectivity index (χ1v) is 5.24. The summed E-state index contributed by atoms with van der Waals surface area (Å²) in [6.45, 7) is 2.84. The summed E-state index contributed by atoms with van der Waals surface area (Å²) in [5.74, 6) is 0. The third-order valence-electron chi connectivity index (χ3n) is 2.60. The van der Waals surface area contributed by atoms with Gasteiger partial charge in [0.25, 0.3) is 0 Å². The van der Waals surface area contributed by atoms with E-state index in [0.29, 0.717) is 6.54 Å². The first kappa shape index (κ1) is 9.99. The minimum Gasteiger partial charge on any atom is -0.330 e. The number of para-hydroxylation sites is 1. The molecule has 0 aliphatic rings. The van der Waals surface area contributed by atoms with Crippen molar-refractivity contribution in [3.8, 4) is 5.69 Å². The third-order valence-corrected chi connectivity index (χ3v) is 2.60. The van der Waals surface area contributed by atoms with Crippen molar-refractivity contribution in [3.63, 3.8) is 0 Å². The summed E-state index contributed by atoms with van der Waals surface area (Å²) in [5, 5.41) is 0. The van der Waals surface area contributed by atoms with Crippen molar-refractivity contribution >= 4 is 0 Å². The van der Waals surface area contributed by atoms with E-state index in [1.165, 1.54) is 16.8 Å². The number of hydrogen-bond donors (Lipinski definition) is 1. The van der Waals surface area contributed by atoms with Gasteiger partial charge in [-0.3, -0.25) is 0 Å². The van der Waals surface area contributed by atoms with Crippen LogP contribution in [0, 0.1) is 6.92 Å². The van der Waals surface area contributed by atoms with E-state index in [0.717, 1.165) is 6.42 Å². The first-order chi connectivity index (χ1) is 7.31. The van der Waals surface area contributed by atoms with Crippen LogP contribution in [0.1, 0.15) is 11.1 Å². The monoisotopic (exact) mass is 200 g/mol.